The predicted octanol–water partition coefficient (Wildman–Crippen LogP) is 4.38. The van der Waals surface area contributed by atoms with Gasteiger partial charge in [0.15, 0.2) is 0 Å². The Labute approximate surface area is 241 Å². The number of aliphatic hydroxyl groups excluding tert-OH is 1. The summed E-state index contributed by atoms with van der Waals surface area (Å²) in [6, 6.07) is 14.4. The molecule has 0 aromatic heterocycles. The van der Waals surface area contributed by atoms with Crippen molar-refractivity contribution < 1.29 is 24.2 Å². The number of aliphatic hydroxyl groups is 1. The molecular weight excluding hydrogens is 530 g/mol. The zero-order valence-electron chi connectivity index (χ0n) is 23.2. The average molecular weight is 570 g/mol. The maximum atomic E-state index is 13.8. The monoisotopic (exact) mass is 569 g/mol. The van der Waals surface area contributed by atoms with E-state index in [4.69, 9.17) is 21.1 Å². The molecule has 216 valence electrons. The van der Waals surface area contributed by atoms with Crippen LogP contribution in [0, 0.1) is 5.92 Å². The maximum Gasteiger partial charge on any atom is 0.248 e. The SMILES string of the molecule is CCCCN1C(=O)[C@@H]([C@H](O)C2CCOCC2)NC(=O)C12CCN(Cc1ccc(Oc3ccc(Cl)cc3)cc1)CC2. The van der Waals surface area contributed by atoms with E-state index >= 15 is 0 Å². The van der Waals surface area contributed by atoms with E-state index < -0.39 is 17.7 Å². The third-order valence-electron chi connectivity index (χ3n) is 8.65. The maximum absolute atomic E-state index is 13.8. The summed E-state index contributed by atoms with van der Waals surface area (Å²) < 4.78 is 11.3. The van der Waals surface area contributed by atoms with Gasteiger partial charge in [-0.1, -0.05) is 37.1 Å². The highest BCUT2D eigenvalue weighted by Crippen LogP contribution is 2.36. The molecule has 2 amide bonds. The Morgan fingerprint density at radius 1 is 1.05 bits per heavy atom. The molecule has 0 bridgehead atoms. The van der Waals surface area contributed by atoms with Crippen molar-refractivity contribution in [2.75, 3.05) is 32.8 Å². The summed E-state index contributed by atoms with van der Waals surface area (Å²) in [6.45, 7) is 5.95. The van der Waals surface area contributed by atoms with Crippen molar-refractivity contribution in [3.05, 3.63) is 59.1 Å². The van der Waals surface area contributed by atoms with E-state index in [-0.39, 0.29) is 17.7 Å². The molecule has 5 rings (SSSR count). The minimum Gasteiger partial charge on any atom is -0.457 e. The number of rotatable bonds is 9. The standard InChI is InChI=1S/C31H40ClN3O5/c1-2-3-16-35-29(37)27(28(36)23-12-19-39-20-13-23)33-30(38)31(35)14-17-34(18-15-31)21-22-4-8-25(9-5-22)40-26-10-6-24(32)7-11-26/h4-11,23,27-28,36H,2-3,12-21H2,1H3,(H,33,38)/t27-,28-/m1/s1. The van der Waals surface area contributed by atoms with E-state index in [9.17, 15) is 14.7 Å². The number of nitrogens with zero attached hydrogens (tertiary/aromatic N) is 2. The first-order chi connectivity index (χ1) is 19.4. The van der Waals surface area contributed by atoms with Gasteiger partial charge in [0.2, 0.25) is 11.8 Å². The lowest BCUT2D eigenvalue weighted by molar-refractivity contribution is -0.166. The Kier molecular flexibility index (Phi) is 9.31. The lowest BCUT2D eigenvalue weighted by Gasteiger charge is -2.52. The van der Waals surface area contributed by atoms with Crippen LogP contribution < -0.4 is 10.1 Å². The van der Waals surface area contributed by atoms with Crippen molar-refractivity contribution in [2.24, 2.45) is 5.92 Å². The van der Waals surface area contributed by atoms with Gasteiger partial charge < -0.3 is 24.8 Å². The van der Waals surface area contributed by atoms with Crippen LogP contribution in [-0.4, -0.2) is 77.3 Å². The smallest absolute Gasteiger partial charge is 0.248 e. The van der Waals surface area contributed by atoms with E-state index in [2.05, 4.69) is 29.3 Å². The number of unbranched alkanes of at least 4 members (excludes halogenated alkanes) is 1. The quantitative estimate of drug-likeness (QED) is 0.466. The van der Waals surface area contributed by atoms with Crippen LogP contribution in [0.1, 0.15) is 51.0 Å². The molecule has 2 atom stereocenters. The van der Waals surface area contributed by atoms with Gasteiger partial charge in [-0.15, -0.1) is 0 Å². The van der Waals surface area contributed by atoms with Crippen molar-refractivity contribution in [3.63, 3.8) is 0 Å². The van der Waals surface area contributed by atoms with Crippen LogP contribution >= 0.6 is 11.6 Å². The highest BCUT2D eigenvalue weighted by molar-refractivity contribution is 6.30. The van der Waals surface area contributed by atoms with Crippen molar-refractivity contribution in [2.45, 2.75) is 69.7 Å². The second kappa shape index (κ2) is 12.9. The van der Waals surface area contributed by atoms with Crippen LogP contribution in [0.5, 0.6) is 11.5 Å². The van der Waals surface area contributed by atoms with Crippen LogP contribution in [0.3, 0.4) is 0 Å². The van der Waals surface area contributed by atoms with Gasteiger partial charge in [-0.25, -0.2) is 0 Å². The molecule has 3 fully saturated rings. The summed E-state index contributed by atoms with van der Waals surface area (Å²) in [4.78, 5) is 31.6. The highest BCUT2D eigenvalue weighted by Gasteiger charge is 2.55. The first kappa shape index (κ1) is 28.9. The van der Waals surface area contributed by atoms with E-state index in [1.165, 1.54) is 0 Å². The molecule has 0 radical (unpaired) electrons. The number of piperidine rings is 1. The van der Waals surface area contributed by atoms with Gasteiger partial charge in [0.1, 0.15) is 23.1 Å². The van der Waals surface area contributed by atoms with Crippen LogP contribution in [0.2, 0.25) is 5.02 Å². The third-order valence-corrected chi connectivity index (χ3v) is 8.90. The second-order valence-electron chi connectivity index (χ2n) is 11.2. The fourth-order valence-corrected chi connectivity index (χ4v) is 6.30. The molecule has 0 unspecified atom stereocenters. The van der Waals surface area contributed by atoms with E-state index in [0.717, 1.165) is 36.4 Å². The Balaban J connectivity index is 1.21. The van der Waals surface area contributed by atoms with Crippen molar-refractivity contribution in [3.8, 4) is 11.5 Å². The Hall–Kier alpha value is -2.65. The van der Waals surface area contributed by atoms with E-state index in [1.807, 2.05) is 29.2 Å². The Morgan fingerprint density at radius 2 is 1.68 bits per heavy atom. The number of piperazine rings is 1. The van der Waals surface area contributed by atoms with E-state index in [0.29, 0.717) is 63.6 Å². The zero-order chi connectivity index (χ0) is 28.1. The Bertz CT molecular complexity index is 1140. The number of ether oxygens (including phenoxy) is 2. The topological polar surface area (TPSA) is 91.3 Å². The van der Waals surface area contributed by atoms with Crippen molar-refractivity contribution >= 4 is 23.4 Å². The molecule has 3 saturated heterocycles. The lowest BCUT2D eigenvalue weighted by Crippen LogP contribution is -2.75. The third kappa shape index (κ3) is 6.30. The fourth-order valence-electron chi connectivity index (χ4n) is 6.18. The van der Waals surface area contributed by atoms with Gasteiger partial charge in [0.25, 0.3) is 0 Å². The number of carbonyl (C=O) groups is 2. The van der Waals surface area contributed by atoms with Gasteiger partial charge >= 0.3 is 0 Å². The minimum absolute atomic E-state index is 0.0464. The normalized spacial score (nSPS) is 22.8. The van der Waals surface area contributed by atoms with Crippen LogP contribution in [0.25, 0.3) is 0 Å². The number of nitrogens with one attached hydrogen (secondary N) is 1. The van der Waals surface area contributed by atoms with Gasteiger partial charge in [-0.2, -0.15) is 0 Å². The van der Waals surface area contributed by atoms with Crippen LogP contribution in [0.15, 0.2) is 48.5 Å². The molecule has 1 spiro atoms. The molecule has 40 heavy (non-hydrogen) atoms. The van der Waals surface area contributed by atoms with Gasteiger partial charge in [-0.05, 0) is 80.0 Å². The molecule has 2 aromatic rings. The number of hydrogen-bond acceptors (Lipinski definition) is 6. The minimum atomic E-state index is -0.895. The first-order valence-electron chi connectivity index (χ1n) is 14.5. The molecule has 2 N–H and O–H groups in total. The zero-order valence-corrected chi connectivity index (χ0v) is 23.9. The molecule has 0 aliphatic carbocycles. The molecule has 8 nitrogen and oxygen atoms in total. The number of halogens is 1. The predicted molar refractivity (Wildman–Crippen MR) is 153 cm³/mol. The summed E-state index contributed by atoms with van der Waals surface area (Å²) in [6.07, 6.45) is 3.41. The molecule has 2 aromatic carbocycles. The van der Waals surface area contributed by atoms with Crippen molar-refractivity contribution in [1.29, 1.82) is 0 Å². The fraction of sp³-hybridized carbons (Fsp3) is 0.548. The molecule has 0 saturated carbocycles. The summed E-state index contributed by atoms with van der Waals surface area (Å²) in [5.41, 5.74) is 0.302. The molecule has 3 heterocycles. The number of carbonyl (C=O) groups excluding carboxylic acids is 2. The lowest BCUT2D eigenvalue weighted by atomic mass is 9.79. The number of benzene rings is 2. The van der Waals surface area contributed by atoms with Gasteiger partial charge in [0, 0.05) is 44.4 Å². The van der Waals surface area contributed by atoms with Gasteiger partial charge in [0.05, 0.1) is 6.10 Å². The summed E-state index contributed by atoms with van der Waals surface area (Å²) in [7, 11) is 0. The largest absolute Gasteiger partial charge is 0.457 e. The number of hydrogen-bond donors (Lipinski definition) is 2. The highest BCUT2D eigenvalue weighted by atomic mass is 35.5. The van der Waals surface area contributed by atoms with Crippen LogP contribution in [0.4, 0.5) is 0 Å². The molecular formula is C31H40ClN3O5. The van der Waals surface area contributed by atoms with Crippen LogP contribution in [-0.2, 0) is 20.9 Å². The summed E-state index contributed by atoms with van der Waals surface area (Å²) in [5.74, 6) is 1.17. The summed E-state index contributed by atoms with van der Waals surface area (Å²) >= 11 is 5.95. The first-order valence-corrected chi connectivity index (χ1v) is 14.9. The van der Waals surface area contributed by atoms with E-state index in [1.54, 1.807) is 12.1 Å². The average Bonchev–Trinajstić information content (AvgIpc) is 2.98. The molecule has 3 aliphatic heterocycles. The summed E-state index contributed by atoms with van der Waals surface area (Å²) in [5, 5.41) is 14.7. The molecule has 3 aliphatic rings. The second-order valence-corrected chi connectivity index (χ2v) is 11.7. The van der Waals surface area contributed by atoms with Crippen molar-refractivity contribution in [1.82, 2.24) is 15.1 Å². The number of amides is 2. The van der Waals surface area contributed by atoms with Gasteiger partial charge in [-0.3, -0.25) is 14.5 Å². The number of likely N-dealkylation sites (tertiary alicyclic amines) is 1. The Morgan fingerprint density at radius 3 is 2.30 bits per heavy atom. The molecule has 9 heteroatoms.